The van der Waals surface area contributed by atoms with Crippen LogP contribution in [0.2, 0.25) is 0 Å². The Morgan fingerprint density at radius 1 is 1.77 bits per heavy atom. The molecule has 0 aliphatic heterocycles. The third-order valence-electron chi connectivity index (χ3n) is 3.28. The summed E-state index contributed by atoms with van der Waals surface area (Å²) in [6, 6.07) is 0. The maximum absolute atomic E-state index is 14.6. The molecule has 2 unspecified atom stereocenters. The van der Waals surface area contributed by atoms with Crippen molar-refractivity contribution in [1.29, 1.82) is 0 Å². The number of aliphatic hydroxyl groups is 1. The fraction of sp³-hybridized carbons (Fsp3) is 0.417. The number of methoxy groups -OCH3 is 1. The van der Waals surface area contributed by atoms with Crippen LogP contribution in [0.25, 0.3) is 11.2 Å². The number of imidazole rings is 1. The van der Waals surface area contributed by atoms with E-state index in [2.05, 4.69) is 24.0 Å². The SMILES string of the molecule is C#CC(CO)(CC(F)n1cnc2c(=O)[nH]c([NH][Tl])nc21)OC. The molecule has 114 valence electrons. The number of terminal acetylenes is 1. The number of aliphatic hydroxyl groups excluding tert-OH is 1. The van der Waals surface area contributed by atoms with Gasteiger partial charge in [0.1, 0.15) is 0 Å². The van der Waals surface area contributed by atoms with Crippen molar-refractivity contribution in [3.63, 3.8) is 0 Å². The Kier molecular flexibility index (Phi) is 5.14. The van der Waals surface area contributed by atoms with Gasteiger partial charge < -0.3 is 0 Å². The first-order chi connectivity index (χ1) is 10.5. The van der Waals surface area contributed by atoms with Crippen molar-refractivity contribution in [3.8, 4) is 12.3 Å². The summed E-state index contributed by atoms with van der Waals surface area (Å²) in [6.45, 7) is -0.532. The van der Waals surface area contributed by atoms with E-state index in [1.54, 1.807) is 0 Å². The molecule has 2 aromatic heterocycles. The van der Waals surface area contributed by atoms with Gasteiger partial charge in [-0.3, -0.25) is 0 Å². The Labute approximate surface area is 141 Å². The fourth-order valence-corrected chi connectivity index (χ4v) is 2.48. The third-order valence-corrected chi connectivity index (χ3v) is 4.34. The number of fused-ring (bicyclic) bond motifs is 1. The van der Waals surface area contributed by atoms with E-state index >= 15 is 0 Å². The first kappa shape index (κ1) is 16.8. The Bertz CT molecular complexity index is 764. The molecule has 2 atom stereocenters. The molecule has 2 rings (SSSR count). The van der Waals surface area contributed by atoms with E-state index < -0.39 is 24.1 Å². The number of aromatic amines is 1. The number of aromatic nitrogens is 4. The average Bonchev–Trinajstić information content (AvgIpc) is 2.97. The molecule has 0 fully saturated rings. The first-order valence-corrected chi connectivity index (χ1v) is 8.46. The van der Waals surface area contributed by atoms with Crippen LogP contribution in [0.15, 0.2) is 11.1 Å². The van der Waals surface area contributed by atoms with Gasteiger partial charge >= 0.3 is 141 Å². The Morgan fingerprint density at radius 2 is 2.50 bits per heavy atom. The zero-order chi connectivity index (χ0) is 16.3. The van der Waals surface area contributed by atoms with Crippen LogP contribution >= 0.6 is 0 Å². The normalized spacial score (nSPS) is 15.1. The van der Waals surface area contributed by atoms with Crippen LogP contribution in [-0.2, 0) is 4.74 Å². The molecule has 8 nitrogen and oxygen atoms in total. The summed E-state index contributed by atoms with van der Waals surface area (Å²) in [5, 5.41) is 9.33. The van der Waals surface area contributed by atoms with Crippen molar-refractivity contribution in [2.24, 2.45) is 0 Å². The summed E-state index contributed by atoms with van der Waals surface area (Å²) in [4.78, 5) is 22.3. The van der Waals surface area contributed by atoms with E-state index in [1.807, 2.05) is 0 Å². The van der Waals surface area contributed by atoms with Gasteiger partial charge in [0.05, 0.1) is 0 Å². The van der Waals surface area contributed by atoms with E-state index in [0.717, 1.165) is 4.57 Å². The molecule has 2 aromatic rings. The third kappa shape index (κ3) is 2.99. The topological polar surface area (TPSA) is 105 Å². The standard InChI is InChI=1S/C12H14FN5O3.Tl/c1-3-12(5-19,21-2)4-7(13)18-6-15-8-9(18)16-11(14)17-10(8)20;/h1,6-7,19H,4-5H2,2H3,(H3,14,16,17,20);/q;+1/p-1. The second-order valence-electron chi connectivity index (χ2n) is 4.52. The van der Waals surface area contributed by atoms with Crippen molar-refractivity contribution in [1.82, 2.24) is 19.5 Å². The van der Waals surface area contributed by atoms with Crippen LogP contribution in [0, 0.1) is 12.3 Å². The first-order valence-electron chi connectivity index (χ1n) is 6.21. The van der Waals surface area contributed by atoms with Crippen molar-refractivity contribution in [2.75, 3.05) is 16.8 Å². The van der Waals surface area contributed by atoms with Crippen LogP contribution in [0.5, 0.6) is 0 Å². The van der Waals surface area contributed by atoms with E-state index in [0.29, 0.717) is 26.1 Å². The molecule has 2 heterocycles. The minimum absolute atomic E-state index is 0.0272. The molecule has 0 aliphatic carbocycles. The minimum atomic E-state index is -1.66. The van der Waals surface area contributed by atoms with Crippen LogP contribution in [0.1, 0.15) is 12.7 Å². The molecule has 0 saturated heterocycles. The number of anilines is 1. The maximum atomic E-state index is 14.6. The van der Waals surface area contributed by atoms with Gasteiger partial charge in [-0.1, -0.05) is 0 Å². The molecule has 3 N–H and O–H groups in total. The van der Waals surface area contributed by atoms with Crippen molar-refractivity contribution in [3.05, 3.63) is 16.7 Å². The molecule has 0 spiro atoms. The van der Waals surface area contributed by atoms with Crippen LogP contribution in [-0.4, -0.2) is 70.0 Å². The number of halogens is 1. The van der Waals surface area contributed by atoms with E-state index in [4.69, 9.17) is 11.2 Å². The predicted octanol–water partition coefficient (Wildman–Crippen LogP) is -0.516. The summed E-state index contributed by atoms with van der Waals surface area (Å²) >= 11 is 0.361. The van der Waals surface area contributed by atoms with Gasteiger partial charge in [-0.15, -0.1) is 0 Å². The number of nitrogens with one attached hydrogen (secondary N) is 2. The number of rotatable bonds is 6. The fourth-order valence-electron chi connectivity index (χ4n) is 1.95. The molecule has 0 amide bonds. The van der Waals surface area contributed by atoms with Crippen molar-refractivity contribution < 1.29 is 14.2 Å². The second-order valence-corrected chi connectivity index (χ2v) is 5.64. The van der Waals surface area contributed by atoms with Gasteiger partial charge in [0.15, 0.2) is 0 Å². The summed E-state index contributed by atoms with van der Waals surface area (Å²) in [5.74, 6) is 2.51. The van der Waals surface area contributed by atoms with Gasteiger partial charge in [0.25, 0.3) is 0 Å². The molecule has 0 aromatic carbocycles. The molecule has 0 bridgehead atoms. The predicted molar refractivity (Wildman–Crippen MR) is 77.9 cm³/mol. The molecular weight excluding hydrogens is 486 g/mol. The molecule has 0 radical (unpaired) electrons. The summed E-state index contributed by atoms with van der Waals surface area (Å²) in [6.07, 6.45) is 4.52. The Hall–Kier alpha value is -1.52. The Balaban J connectivity index is 2.45. The second kappa shape index (κ2) is 6.71. The number of nitrogens with zero attached hydrogens (tertiary/aromatic N) is 3. The summed E-state index contributed by atoms with van der Waals surface area (Å²) in [5.41, 5.74) is -1.79. The molecule has 0 aliphatic rings. The summed E-state index contributed by atoms with van der Waals surface area (Å²) in [7, 11) is 1.29. The van der Waals surface area contributed by atoms with Crippen LogP contribution < -0.4 is 8.69 Å². The van der Waals surface area contributed by atoms with Crippen molar-refractivity contribution in [2.45, 2.75) is 18.3 Å². The van der Waals surface area contributed by atoms with Gasteiger partial charge in [0, 0.05) is 0 Å². The summed E-state index contributed by atoms with van der Waals surface area (Å²) < 4.78 is 23.6. The number of H-pyrrole nitrogens is 1. The quantitative estimate of drug-likeness (QED) is 0.366. The van der Waals surface area contributed by atoms with Gasteiger partial charge in [0.2, 0.25) is 0 Å². The van der Waals surface area contributed by atoms with Crippen molar-refractivity contribution >= 4 is 43.2 Å². The van der Waals surface area contributed by atoms with E-state index in [1.165, 1.54) is 13.4 Å². The number of alkyl halides is 1. The van der Waals surface area contributed by atoms with Gasteiger partial charge in [-0.2, -0.15) is 0 Å². The zero-order valence-corrected chi connectivity index (χ0v) is 16.2. The molecule has 22 heavy (non-hydrogen) atoms. The van der Waals surface area contributed by atoms with E-state index in [9.17, 15) is 14.3 Å². The monoisotopic (exact) mass is 499 g/mol. The molecule has 0 saturated carbocycles. The van der Waals surface area contributed by atoms with Crippen LogP contribution in [0.3, 0.4) is 0 Å². The number of hydrogen-bond donors (Lipinski definition) is 3. The zero-order valence-electron chi connectivity index (χ0n) is 11.7. The Morgan fingerprint density at radius 3 is 3.05 bits per heavy atom. The van der Waals surface area contributed by atoms with Gasteiger partial charge in [-0.25, -0.2) is 0 Å². The number of ether oxygens (including phenoxy) is 1. The van der Waals surface area contributed by atoms with Crippen LogP contribution in [0.4, 0.5) is 10.3 Å². The molecular formula is C12H13FN5O3Tl. The van der Waals surface area contributed by atoms with E-state index in [-0.39, 0.29) is 23.5 Å². The average molecular weight is 499 g/mol. The van der Waals surface area contributed by atoms with Gasteiger partial charge in [-0.05, 0) is 0 Å². The molecule has 10 heteroatoms. The number of hydrogen-bond acceptors (Lipinski definition) is 6.